The van der Waals surface area contributed by atoms with Crippen LogP contribution in [0.15, 0.2) is 103 Å². The van der Waals surface area contributed by atoms with Crippen LogP contribution in [0, 0.1) is 6.92 Å². The van der Waals surface area contributed by atoms with Crippen molar-refractivity contribution in [2.24, 2.45) is 0 Å². The molecule has 6 aromatic rings. The summed E-state index contributed by atoms with van der Waals surface area (Å²) in [6.45, 7) is 2.24. The molecule has 0 fully saturated rings. The van der Waals surface area contributed by atoms with Crippen LogP contribution in [0.25, 0.3) is 54.2 Å². The third-order valence-corrected chi connectivity index (χ3v) is 6.26. The fraction of sp³-hybridized carbons (Fsp3) is 0.0345. The quantitative estimate of drug-likeness (QED) is 0.202. The first-order chi connectivity index (χ1) is 14.3. The van der Waals surface area contributed by atoms with Gasteiger partial charge in [-0.3, -0.25) is 0 Å². The van der Waals surface area contributed by atoms with Crippen molar-refractivity contribution in [3.05, 3.63) is 109 Å². The molecule has 6 rings (SSSR count). The molecule has 0 unspecified atom stereocenters. The van der Waals surface area contributed by atoms with E-state index in [1.54, 1.807) is 0 Å². The van der Waals surface area contributed by atoms with Crippen molar-refractivity contribution in [1.82, 2.24) is 0 Å². The van der Waals surface area contributed by atoms with Gasteiger partial charge < -0.3 is 0 Å². The van der Waals surface area contributed by atoms with Gasteiger partial charge >= 0.3 is 0 Å². The molecule has 0 spiro atoms. The van der Waals surface area contributed by atoms with E-state index in [-0.39, 0.29) is 0 Å². The van der Waals surface area contributed by atoms with Gasteiger partial charge in [-0.25, -0.2) is 0 Å². The maximum atomic E-state index is 2.29. The SMILES string of the molecule is Cc1c2ccccc2c(-c2cccc3c2ccc2ccccc23)c2ccccc12. The highest BCUT2D eigenvalue weighted by Crippen LogP contribution is 2.42. The number of benzene rings is 6. The average molecular weight is 368 g/mol. The smallest absolute Gasteiger partial charge is 0.00204 e. The summed E-state index contributed by atoms with van der Waals surface area (Å²) in [6.07, 6.45) is 0. The summed E-state index contributed by atoms with van der Waals surface area (Å²) in [4.78, 5) is 0. The van der Waals surface area contributed by atoms with Gasteiger partial charge in [0.2, 0.25) is 0 Å². The van der Waals surface area contributed by atoms with Gasteiger partial charge in [0, 0.05) is 0 Å². The minimum Gasteiger partial charge on any atom is -0.0616 e. The van der Waals surface area contributed by atoms with Crippen molar-refractivity contribution < 1.29 is 0 Å². The van der Waals surface area contributed by atoms with Crippen LogP contribution in [0.4, 0.5) is 0 Å². The van der Waals surface area contributed by atoms with Crippen molar-refractivity contribution in [1.29, 1.82) is 0 Å². The van der Waals surface area contributed by atoms with Crippen LogP contribution in [-0.4, -0.2) is 0 Å². The Labute approximate surface area is 170 Å². The van der Waals surface area contributed by atoms with Crippen LogP contribution in [0.5, 0.6) is 0 Å². The first-order valence-electron chi connectivity index (χ1n) is 10.1. The van der Waals surface area contributed by atoms with Gasteiger partial charge in [0.05, 0.1) is 0 Å². The Kier molecular flexibility index (Phi) is 3.48. The summed E-state index contributed by atoms with van der Waals surface area (Å²) < 4.78 is 0. The number of hydrogen-bond acceptors (Lipinski definition) is 0. The fourth-order valence-electron chi connectivity index (χ4n) is 4.89. The molecule has 6 aromatic carbocycles. The maximum absolute atomic E-state index is 2.29. The molecule has 0 heteroatoms. The number of aryl methyl sites for hydroxylation is 1. The standard InChI is InChI=1S/C29H20/c1-19-21-10-4-6-13-26(21)29(27-14-7-5-11-22(19)27)28-16-8-15-24-23-12-3-2-9-20(23)17-18-25(24)28/h2-18H,1H3. The zero-order valence-electron chi connectivity index (χ0n) is 16.3. The van der Waals surface area contributed by atoms with Crippen molar-refractivity contribution in [3.63, 3.8) is 0 Å². The lowest BCUT2D eigenvalue weighted by atomic mass is 9.86. The molecule has 0 heterocycles. The van der Waals surface area contributed by atoms with E-state index in [9.17, 15) is 0 Å². The summed E-state index contributed by atoms with van der Waals surface area (Å²) in [5.74, 6) is 0. The minimum absolute atomic E-state index is 1.29. The fourth-order valence-corrected chi connectivity index (χ4v) is 4.89. The van der Waals surface area contributed by atoms with E-state index in [1.165, 1.54) is 59.8 Å². The number of hydrogen-bond donors (Lipinski definition) is 0. The summed E-state index contributed by atoms with van der Waals surface area (Å²) in [5, 5.41) is 10.5. The molecule has 0 nitrogen and oxygen atoms in total. The van der Waals surface area contributed by atoms with Gasteiger partial charge in [-0.15, -0.1) is 0 Å². The summed E-state index contributed by atoms with van der Waals surface area (Å²) in [7, 11) is 0. The Morgan fingerprint density at radius 3 is 1.62 bits per heavy atom. The molecular formula is C29H20. The Bertz CT molecular complexity index is 1500. The first-order valence-corrected chi connectivity index (χ1v) is 10.1. The molecule has 0 aliphatic heterocycles. The third-order valence-electron chi connectivity index (χ3n) is 6.26. The van der Waals surface area contributed by atoms with Gasteiger partial charge in [0.15, 0.2) is 0 Å². The molecule has 0 aliphatic carbocycles. The van der Waals surface area contributed by atoms with Gasteiger partial charge in [0.1, 0.15) is 0 Å². The molecule has 0 bridgehead atoms. The molecule has 0 amide bonds. The van der Waals surface area contributed by atoms with Crippen LogP contribution < -0.4 is 0 Å². The van der Waals surface area contributed by atoms with Gasteiger partial charge in [0.25, 0.3) is 0 Å². The molecule has 0 radical (unpaired) electrons. The van der Waals surface area contributed by atoms with E-state index >= 15 is 0 Å². The lowest BCUT2D eigenvalue weighted by Crippen LogP contribution is -1.90. The Hall–Kier alpha value is -3.64. The molecule has 0 N–H and O–H groups in total. The highest BCUT2D eigenvalue weighted by Gasteiger charge is 2.15. The molecule has 0 atom stereocenters. The Morgan fingerprint density at radius 1 is 0.379 bits per heavy atom. The normalized spacial score (nSPS) is 11.6. The van der Waals surface area contributed by atoms with E-state index in [4.69, 9.17) is 0 Å². The van der Waals surface area contributed by atoms with Crippen LogP contribution in [0.1, 0.15) is 5.56 Å². The molecule has 0 saturated carbocycles. The van der Waals surface area contributed by atoms with Crippen molar-refractivity contribution >= 4 is 43.1 Å². The Balaban J connectivity index is 1.85. The third kappa shape index (κ3) is 2.33. The van der Waals surface area contributed by atoms with E-state index < -0.39 is 0 Å². The van der Waals surface area contributed by atoms with Gasteiger partial charge in [-0.2, -0.15) is 0 Å². The Morgan fingerprint density at radius 2 is 0.931 bits per heavy atom. The van der Waals surface area contributed by atoms with E-state index in [1.807, 2.05) is 0 Å². The molecular weight excluding hydrogens is 348 g/mol. The second-order valence-corrected chi connectivity index (χ2v) is 7.78. The second kappa shape index (κ2) is 6.18. The molecule has 0 saturated heterocycles. The minimum atomic E-state index is 1.29. The summed E-state index contributed by atoms with van der Waals surface area (Å²) in [5.41, 5.74) is 3.99. The van der Waals surface area contributed by atoms with Gasteiger partial charge in [-0.1, -0.05) is 103 Å². The predicted octanol–water partition coefficient (Wildman–Crippen LogP) is 8.27. The number of rotatable bonds is 1. The summed E-state index contributed by atoms with van der Waals surface area (Å²) in [6, 6.07) is 37.6. The monoisotopic (exact) mass is 368 g/mol. The highest BCUT2D eigenvalue weighted by molar-refractivity contribution is 6.20. The zero-order chi connectivity index (χ0) is 19.4. The van der Waals surface area contributed by atoms with Crippen molar-refractivity contribution in [3.8, 4) is 11.1 Å². The largest absolute Gasteiger partial charge is 0.0616 e. The van der Waals surface area contributed by atoms with Crippen LogP contribution in [0.3, 0.4) is 0 Å². The maximum Gasteiger partial charge on any atom is -0.00204 e. The van der Waals surface area contributed by atoms with E-state index in [0.717, 1.165) is 0 Å². The molecule has 29 heavy (non-hydrogen) atoms. The zero-order valence-corrected chi connectivity index (χ0v) is 16.3. The van der Waals surface area contributed by atoms with Crippen LogP contribution in [-0.2, 0) is 0 Å². The molecule has 0 aliphatic rings. The molecule has 136 valence electrons. The first kappa shape index (κ1) is 16.3. The second-order valence-electron chi connectivity index (χ2n) is 7.78. The topological polar surface area (TPSA) is 0 Å². The van der Waals surface area contributed by atoms with Crippen LogP contribution >= 0.6 is 0 Å². The molecule has 0 aromatic heterocycles. The lowest BCUT2D eigenvalue weighted by molar-refractivity contribution is 1.58. The highest BCUT2D eigenvalue weighted by atomic mass is 14.2. The number of fused-ring (bicyclic) bond motifs is 5. The lowest BCUT2D eigenvalue weighted by Gasteiger charge is -2.17. The van der Waals surface area contributed by atoms with E-state index in [0.29, 0.717) is 0 Å². The average Bonchev–Trinajstić information content (AvgIpc) is 2.79. The summed E-state index contributed by atoms with van der Waals surface area (Å²) >= 11 is 0. The van der Waals surface area contributed by atoms with E-state index in [2.05, 4.69) is 110 Å². The van der Waals surface area contributed by atoms with Crippen LogP contribution in [0.2, 0.25) is 0 Å². The van der Waals surface area contributed by atoms with Crippen molar-refractivity contribution in [2.75, 3.05) is 0 Å². The van der Waals surface area contributed by atoms with Gasteiger partial charge in [-0.05, 0) is 66.7 Å². The van der Waals surface area contributed by atoms with Crippen molar-refractivity contribution in [2.45, 2.75) is 6.92 Å². The predicted molar refractivity (Wildman–Crippen MR) is 127 cm³/mol.